The molecule has 1 aromatic rings. The Morgan fingerprint density at radius 2 is 2.05 bits per heavy atom. The number of para-hydroxylation sites is 1. The van der Waals surface area contributed by atoms with Crippen molar-refractivity contribution < 1.29 is 14.7 Å². The van der Waals surface area contributed by atoms with E-state index < -0.39 is 12.0 Å². The molecule has 3 N–H and O–H groups in total. The van der Waals surface area contributed by atoms with E-state index in [9.17, 15) is 9.59 Å². The summed E-state index contributed by atoms with van der Waals surface area (Å²) in [4.78, 5) is 24.6. The van der Waals surface area contributed by atoms with E-state index in [4.69, 9.17) is 10.8 Å². The zero-order chi connectivity index (χ0) is 13.8. The van der Waals surface area contributed by atoms with E-state index in [0.717, 1.165) is 24.8 Å². The fraction of sp³-hybridized carbons (Fsp3) is 0.429. The van der Waals surface area contributed by atoms with Gasteiger partial charge in [-0.3, -0.25) is 14.5 Å². The summed E-state index contributed by atoms with van der Waals surface area (Å²) in [6.07, 6.45) is 3.27. The van der Waals surface area contributed by atoms with Crippen molar-refractivity contribution in [1.29, 1.82) is 0 Å². The molecule has 1 heterocycles. The number of carboxylic acids is 1. The predicted molar refractivity (Wildman–Crippen MR) is 79.1 cm³/mol. The monoisotopic (exact) mass is 286 g/mol. The second-order valence-corrected chi connectivity index (χ2v) is 4.80. The van der Waals surface area contributed by atoms with Crippen LogP contribution in [0.2, 0.25) is 0 Å². The number of aliphatic carboxylic acids is 1. The fourth-order valence-electron chi connectivity index (χ4n) is 2.41. The zero-order valence-corrected chi connectivity index (χ0v) is 10.7. The predicted octanol–water partition coefficient (Wildman–Crippen LogP) is 0.509. The number of aryl methyl sites for hydroxylation is 1. The molecule has 104 valence electrons. The number of nitrogens with two attached hydrogens (primary N) is 1. The van der Waals surface area contributed by atoms with Gasteiger partial charge < -0.3 is 10.8 Å². The molecule has 5 nitrogen and oxygen atoms in total. The number of carboxylic acid groups (broad SMARTS) is 1. The van der Waals surface area contributed by atoms with Crippen molar-refractivity contribution in [2.45, 2.75) is 31.7 Å². The number of hydrogen-bond acceptors (Lipinski definition) is 3. The van der Waals surface area contributed by atoms with Gasteiger partial charge in [0.2, 0.25) is 5.91 Å². The molecule has 0 fully saturated rings. The molecular formula is C14H19N2NaO3. The van der Waals surface area contributed by atoms with Gasteiger partial charge in [-0.15, -0.1) is 0 Å². The van der Waals surface area contributed by atoms with Gasteiger partial charge in [0, 0.05) is 5.69 Å². The number of anilines is 1. The Morgan fingerprint density at radius 1 is 1.35 bits per heavy atom. The van der Waals surface area contributed by atoms with Crippen LogP contribution in [-0.4, -0.2) is 59.1 Å². The molecule has 20 heavy (non-hydrogen) atoms. The average molecular weight is 286 g/mol. The van der Waals surface area contributed by atoms with Gasteiger partial charge in [0.05, 0.1) is 6.04 Å². The van der Waals surface area contributed by atoms with E-state index in [2.05, 4.69) is 0 Å². The van der Waals surface area contributed by atoms with Crippen LogP contribution in [0.3, 0.4) is 0 Å². The summed E-state index contributed by atoms with van der Waals surface area (Å²) in [5, 5.41) is 8.99. The normalized spacial score (nSPS) is 19.1. The summed E-state index contributed by atoms with van der Waals surface area (Å²) in [5.41, 5.74) is 7.54. The van der Waals surface area contributed by atoms with Crippen molar-refractivity contribution in [3.63, 3.8) is 0 Å². The number of hydrogen-bond donors (Lipinski definition) is 2. The second kappa shape index (κ2) is 7.78. The molecule has 2 rings (SSSR count). The first kappa shape index (κ1) is 17.2. The Hall–Kier alpha value is -0.880. The van der Waals surface area contributed by atoms with E-state index in [1.165, 1.54) is 4.90 Å². The van der Waals surface area contributed by atoms with Crippen LogP contribution < -0.4 is 10.6 Å². The van der Waals surface area contributed by atoms with Crippen LogP contribution in [0.15, 0.2) is 24.3 Å². The first-order valence-electron chi connectivity index (χ1n) is 6.46. The van der Waals surface area contributed by atoms with Gasteiger partial charge in [0.25, 0.3) is 0 Å². The molecule has 0 radical (unpaired) electrons. The number of carbonyl (C=O) groups excluding carboxylic acids is 1. The third-order valence-corrected chi connectivity index (χ3v) is 3.37. The van der Waals surface area contributed by atoms with Crippen LogP contribution in [0.1, 0.15) is 24.8 Å². The van der Waals surface area contributed by atoms with Crippen LogP contribution in [0.25, 0.3) is 0 Å². The SMILES string of the molecule is NC1CCCCc2ccccc2N(CC(=O)O)C1=O.[NaH]. The van der Waals surface area contributed by atoms with Gasteiger partial charge >= 0.3 is 35.5 Å². The van der Waals surface area contributed by atoms with Crippen LogP contribution >= 0.6 is 0 Å². The maximum absolute atomic E-state index is 12.3. The second-order valence-electron chi connectivity index (χ2n) is 4.80. The Labute approximate surface area is 140 Å². The van der Waals surface area contributed by atoms with Gasteiger partial charge in [-0.25, -0.2) is 0 Å². The van der Waals surface area contributed by atoms with Crippen LogP contribution in [0.5, 0.6) is 0 Å². The van der Waals surface area contributed by atoms with E-state index in [-0.39, 0.29) is 42.0 Å². The quantitative estimate of drug-likeness (QED) is 0.776. The van der Waals surface area contributed by atoms with Crippen LogP contribution in [-0.2, 0) is 16.0 Å². The molecule has 1 amide bonds. The van der Waals surface area contributed by atoms with Crippen molar-refractivity contribution in [3.05, 3.63) is 29.8 Å². The van der Waals surface area contributed by atoms with Gasteiger partial charge in [0.1, 0.15) is 6.54 Å². The molecule has 0 saturated carbocycles. The third-order valence-electron chi connectivity index (χ3n) is 3.37. The molecule has 0 spiro atoms. The van der Waals surface area contributed by atoms with Gasteiger partial charge in [0.15, 0.2) is 0 Å². The molecule has 0 aliphatic carbocycles. The van der Waals surface area contributed by atoms with Crippen LogP contribution in [0.4, 0.5) is 5.69 Å². The summed E-state index contributed by atoms with van der Waals surface area (Å²) in [6.45, 7) is -0.344. The summed E-state index contributed by atoms with van der Waals surface area (Å²) >= 11 is 0. The fourth-order valence-corrected chi connectivity index (χ4v) is 2.41. The Morgan fingerprint density at radius 3 is 2.75 bits per heavy atom. The summed E-state index contributed by atoms with van der Waals surface area (Å²) in [5.74, 6) is -1.34. The van der Waals surface area contributed by atoms with Gasteiger partial charge in [-0.1, -0.05) is 24.6 Å². The Bertz CT molecular complexity index is 493. The van der Waals surface area contributed by atoms with E-state index in [0.29, 0.717) is 12.1 Å². The first-order chi connectivity index (χ1) is 9.09. The van der Waals surface area contributed by atoms with Crippen molar-refractivity contribution in [1.82, 2.24) is 0 Å². The van der Waals surface area contributed by atoms with Crippen LogP contribution in [0, 0.1) is 0 Å². The number of fused-ring (bicyclic) bond motifs is 1. The molecule has 1 aromatic carbocycles. The molecule has 1 aliphatic rings. The number of carbonyl (C=O) groups is 2. The number of benzene rings is 1. The standard InChI is InChI=1S/C14H18N2O3.Na.H/c15-11-7-3-1-5-10-6-2-4-8-12(10)16(14(11)19)9-13(17)18;;/h2,4,6,8,11H,1,3,5,7,9,15H2,(H,17,18);;. The topological polar surface area (TPSA) is 83.6 Å². The molecule has 0 bridgehead atoms. The molecule has 0 saturated heterocycles. The first-order valence-corrected chi connectivity index (χ1v) is 6.46. The minimum atomic E-state index is -1.03. The number of rotatable bonds is 2. The molecule has 0 aromatic heterocycles. The molecule has 1 aliphatic heterocycles. The van der Waals surface area contributed by atoms with E-state index >= 15 is 0 Å². The van der Waals surface area contributed by atoms with Crippen molar-refractivity contribution in [3.8, 4) is 0 Å². The number of nitrogens with zero attached hydrogens (tertiary/aromatic N) is 1. The van der Waals surface area contributed by atoms with Gasteiger partial charge in [-0.2, -0.15) is 0 Å². The summed E-state index contributed by atoms with van der Waals surface area (Å²) in [7, 11) is 0. The van der Waals surface area contributed by atoms with E-state index in [1.807, 2.05) is 18.2 Å². The zero-order valence-electron chi connectivity index (χ0n) is 10.7. The summed E-state index contributed by atoms with van der Waals surface area (Å²) in [6, 6.07) is 6.82. The molecule has 6 heteroatoms. The number of amides is 1. The Balaban J connectivity index is 0.00000200. The van der Waals surface area contributed by atoms with Gasteiger partial charge in [-0.05, 0) is 30.9 Å². The molecule has 1 unspecified atom stereocenters. The maximum atomic E-state index is 12.3. The Kier molecular flexibility index (Phi) is 6.68. The third kappa shape index (κ3) is 4.06. The molecule has 1 atom stereocenters. The average Bonchev–Trinajstić information content (AvgIpc) is 2.44. The van der Waals surface area contributed by atoms with E-state index in [1.54, 1.807) is 6.07 Å². The minimum absolute atomic E-state index is 0. The van der Waals surface area contributed by atoms with Crippen molar-refractivity contribution in [2.75, 3.05) is 11.4 Å². The van der Waals surface area contributed by atoms with Crippen molar-refractivity contribution in [2.24, 2.45) is 5.73 Å². The summed E-state index contributed by atoms with van der Waals surface area (Å²) < 4.78 is 0. The molecular weight excluding hydrogens is 267 g/mol. The van der Waals surface area contributed by atoms with Crippen molar-refractivity contribution >= 4 is 47.1 Å².